The van der Waals surface area contributed by atoms with E-state index >= 15 is 0 Å². The summed E-state index contributed by atoms with van der Waals surface area (Å²) in [6.45, 7) is 1.05. The summed E-state index contributed by atoms with van der Waals surface area (Å²) in [7, 11) is 1.79. The normalized spacial score (nSPS) is 11.2. The number of hydrogen-bond donors (Lipinski definition) is 0. The van der Waals surface area contributed by atoms with E-state index in [4.69, 9.17) is 0 Å². The van der Waals surface area contributed by atoms with Crippen molar-refractivity contribution in [1.82, 2.24) is 18.9 Å². The van der Waals surface area contributed by atoms with E-state index in [2.05, 4.69) is 17.1 Å². The van der Waals surface area contributed by atoms with Gasteiger partial charge in [-0.1, -0.05) is 66.7 Å². The second-order valence-corrected chi connectivity index (χ2v) is 8.12. The van der Waals surface area contributed by atoms with Crippen LogP contribution in [0.4, 0.5) is 0 Å². The number of amides is 1. The highest BCUT2D eigenvalue weighted by Gasteiger charge is 2.22. The lowest BCUT2D eigenvalue weighted by Gasteiger charge is -2.23. The molecule has 2 aromatic carbocycles. The molecule has 0 bridgehead atoms. The third kappa shape index (κ3) is 4.03. The Morgan fingerprint density at radius 3 is 2.30 bits per heavy atom. The molecule has 0 atom stereocenters. The first-order valence-corrected chi connectivity index (χ1v) is 11.0. The number of hydrogen-bond acceptors (Lipinski definition) is 3. The van der Waals surface area contributed by atoms with Crippen molar-refractivity contribution in [2.24, 2.45) is 7.05 Å². The summed E-state index contributed by atoms with van der Waals surface area (Å²) >= 11 is 0. The largest absolute Gasteiger partial charge is 0.333 e. The lowest BCUT2D eigenvalue weighted by Crippen LogP contribution is -2.33. The Morgan fingerprint density at radius 1 is 0.909 bits per heavy atom. The third-order valence-electron chi connectivity index (χ3n) is 5.94. The molecule has 0 aliphatic carbocycles. The Balaban J connectivity index is 1.53. The molecule has 6 nitrogen and oxygen atoms in total. The van der Waals surface area contributed by atoms with Crippen LogP contribution in [-0.2, 0) is 20.0 Å². The van der Waals surface area contributed by atoms with Crippen molar-refractivity contribution in [3.05, 3.63) is 118 Å². The maximum atomic E-state index is 13.7. The molecule has 0 unspecified atom stereocenters. The Bertz CT molecular complexity index is 1490. The predicted molar refractivity (Wildman–Crippen MR) is 129 cm³/mol. The van der Waals surface area contributed by atoms with Gasteiger partial charge in [-0.15, -0.1) is 0 Å². The van der Waals surface area contributed by atoms with E-state index in [1.807, 2.05) is 59.5 Å². The van der Waals surface area contributed by atoms with Crippen molar-refractivity contribution in [3.63, 3.8) is 0 Å². The minimum atomic E-state index is -0.177. The number of aryl methyl sites for hydroxylation is 1. The molecule has 33 heavy (non-hydrogen) atoms. The van der Waals surface area contributed by atoms with Crippen molar-refractivity contribution in [3.8, 4) is 0 Å². The van der Waals surface area contributed by atoms with Gasteiger partial charge in [-0.3, -0.25) is 14.0 Å². The molecule has 0 fully saturated rings. The lowest BCUT2D eigenvalue weighted by molar-refractivity contribution is 0.0736. The molecule has 3 heterocycles. The van der Waals surface area contributed by atoms with E-state index in [0.717, 1.165) is 12.0 Å². The van der Waals surface area contributed by atoms with E-state index < -0.39 is 0 Å². The number of nitrogens with zero attached hydrogens (tertiary/aromatic N) is 4. The summed E-state index contributed by atoms with van der Waals surface area (Å²) in [5.74, 6) is -0.122. The molecule has 5 rings (SSSR count). The van der Waals surface area contributed by atoms with E-state index in [1.54, 1.807) is 36.0 Å². The molecule has 6 heteroatoms. The average molecular weight is 437 g/mol. The summed E-state index contributed by atoms with van der Waals surface area (Å²) in [5.41, 5.74) is 3.57. The Morgan fingerprint density at radius 2 is 1.58 bits per heavy atom. The lowest BCUT2D eigenvalue weighted by atomic mass is 10.1. The summed E-state index contributed by atoms with van der Waals surface area (Å²) in [5, 5.41) is 0.437. The Hall–Kier alpha value is -4.19. The van der Waals surface area contributed by atoms with Crippen molar-refractivity contribution >= 4 is 22.6 Å². The van der Waals surface area contributed by atoms with Crippen LogP contribution in [0.1, 0.15) is 21.6 Å². The number of carbonyl (C=O) groups is 1. The summed E-state index contributed by atoms with van der Waals surface area (Å²) in [4.78, 5) is 33.2. The van der Waals surface area contributed by atoms with Crippen LogP contribution in [0.3, 0.4) is 0 Å². The third-order valence-corrected chi connectivity index (χ3v) is 5.94. The Labute approximate surface area is 191 Å². The van der Waals surface area contributed by atoms with Gasteiger partial charge in [0, 0.05) is 26.3 Å². The highest BCUT2D eigenvalue weighted by Crippen LogP contribution is 2.18. The van der Waals surface area contributed by atoms with Gasteiger partial charge in [-0.2, -0.15) is 0 Å². The minimum absolute atomic E-state index is 0.122. The molecule has 0 aliphatic heterocycles. The molecule has 164 valence electrons. The van der Waals surface area contributed by atoms with Crippen LogP contribution < -0.4 is 5.56 Å². The van der Waals surface area contributed by atoms with Crippen LogP contribution in [0.15, 0.2) is 95.9 Å². The van der Waals surface area contributed by atoms with Gasteiger partial charge in [0.1, 0.15) is 17.0 Å². The van der Waals surface area contributed by atoms with Crippen LogP contribution in [0, 0.1) is 0 Å². The standard InChI is InChI=1S/C27H24N4O2/c1-29-23(18-22-25(29)28-24-14-8-9-16-31(24)26(22)32)27(33)30(19-21-12-6-3-7-13-21)17-15-20-10-4-2-5-11-20/h2-14,16,18H,15,17,19H2,1H3. The molecular formula is C27H24N4O2. The van der Waals surface area contributed by atoms with Crippen LogP contribution >= 0.6 is 0 Å². The van der Waals surface area contributed by atoms with Gasteiger partial charge in [-0.25, -0.2) is 4.98 Å². The van der Waals surface area contributed by atoms with Crippen LogP contribution in [-0.4, -0.2) is 31.3 Å². The van der Waals surface area contributed by atoms with E-state index in [9.17, 15) is 9.59 Å². The molecule has 3 aromatic heterocycles. The number of aromatic nitrogens is 3. The fraction of sp³-hybridized carbons (Fsp3) is 0.148. The van der Waals surface area contributed by atoms with E-state index in [0.29, 0.717) is 35.5 Å². The van der Waals surface area contributed by atoms with Crippen LogP contribution in [0.5, 0.6) is 0 Å². The molecule has 1 amide bonds. The first-order valence-electron chi connectivity index (χ1n) is 11.0. The number of fused-ring (bicyclic) bond motifs is 2. The van der Waals surface area contributed by atoms with Crippen molar-refractivity contribution in [2.75, 3.05) is 6.54 Å². The van der Waals surface area contributed by atoms with Gasteiger partial charge < -0.3 is 9.47 Å². The number of rotatable bonds is 6. The molecule has 0 saturated heterocycles. The fourth-order valence-corrected chi connectivity index (χ4v) is 4.15. The number of carbonyl (C=O) groups excluding carboxylic acids is 1. The maximum absolute atomic E-state index is 13.7. The highest BCUT2D eigenvalue weighted by atomic mass is 16.2. The van der Waals surface area contributed by atoms with Gasteiger partial charge >= 0.3 is 0 Å². The monoisotopic (exact) mass is 436 g/mol. The minimum Gasteiger partial charge on any atom is -0.333 e. The molecule has 0 spiro atoms. The fourth-order valence-electron chi connectivity index (χ4n) is 4.15. The quantitative estimate of drug-likeness (QED) is 0.403. The molecule has 0 N–H and O–H groups in total. The zero-order chi connectivity index (χ0) is 22.8. The highest BCUT2D eigenvalue weighted by molar-refractivity contribution is 5.98. The second-order valence-electron chi connectivity index (χ2n) is 8.12. The van der Waals surface area contributed by atoms with Crippen molar-refractivity contribution < 1.29 is 4.79 Å². The second kappa shape index (κ2) is 8.74. The van der Waals surface area contributed by atoms with Gasteiger partial charge in [0.15, 0.2) is 0 Å². The average Bonchev–Trinajstić information content (AvgIpc) is 3.19. The zero-order valence-electron chi connectivity index (χ0n) is 18.4. The predicted octanol–water partition coefficient (Wildman–Crippen LogP) is 4.07. The molecule has 0 aliphatic rings. The van der Waals surface area contributed by atoms with Gasteiger partial charge in [0.25, 0.3) is 11.5 Å². The number of benzene rings is 2. The van der Waals surface area contributed by atoms with Gasteiger partial charge in [-0.05, 0) is 35.7 Å². The molecule has 0 radical (unpaired) electrons. The SMILES string of the molecule is Cn1c(C(=O)N(CCc2ccccc2)Cc2ccccc2)cc2c(=O)n3ccccc3nc21. The summed E-state index contributed by atoms with van der Waals surface area (Å²) < 4.78 is 3.24. The van der Waals surface area contributed by atoms with E-state index in [-0.39, 0.29) is 11.5 Å². The summed E-state index contributed by atoms with van der Waals surface area (Å²) in [6.07, 6.45) is 2.44. The van der Waals surface area contributed by atoms with Gasteiger partial charge in [0.2, 0.25) is 0 Å². The van der Waals surface area contributed by atoms with E-state index in [1.165, 1.54) is 9.96 Å². The molecule has 0 saturated carbocycles. The smallest absolute Gasteiger partial charge is 0.270 e. The summed E-state index contributed by atoms with van der Waals surface area (Å²) in [6, 6.07) is 27.2. The molecule has 5 aromatic rings. The topological polar surface area (TPSA) is 59.6 Å². The molecular weight excluding hydrogens is 412 g/mol. The number of pyridine rings is 1. The van der Waals surface area contributed by atoms with Crippen LogP contribution in [0.2, 0.25) is 0 Å². The van der Waals surface area contributed by atoms with Crippen molar-refractivity contribution in [1.29, 1.82) is 0 Å². The van der Waals surface area contributed by atoms with Gasteiger partial charge in [0.05, 0.1) is 5.39 Å². The maximum Gasteiger partial charge on any atom is 0.270 e. The first-order chi connectivity index (χ1) is 16.1. The Kier molecular flexibility index (Phi) is 5.48. The zero-order valence-corrected chi connectivity index (χ0v) is 18.4. The first kappa shape index (κ1) is 20.7. The van der Waals surface area contributed by atoms with Crippen molar-refractivity contribution in [2.45, 2.75) is 13.0 Å². The van der Waals surface area contributed by atoms with Crippen LogP contribution in [0.25, 0.3) is 16.7 Å².